The Morgan fingerprint density at radius 2 is 2.05 bits per heavy atom. The van der Waals surface area contributed by atoms with Crippen LogP contribution in [-0.4, -0.2) is 41.7 Å². The highest BCUT2D eigenvalue weighted by molar-refractivity contribution is 5.76. The molecule has 6 nitrogen and oxygen atoms in total. The lowest BCUT2D eigenvalue weighted by Crippen LogP contribution is -2.44. The number of morpholine rings is 1. The summed E-state index contributed by atoms with van der Waals surface area (Å²) in [5.41, 5.74) is 1.04. The van der Waals surface area contributed by atoms with Gasteiger partial charge in [0.25, 0.3) is 5.56 Å². The molecular formula is C14H17N3O3. The van der Waals surface area contributed by atoms with Crippen molar-refractivity contribution in [1.29, 1.82) is 5.26 Å². The number of aromatic nitrogens is 1. The molecule has 0 spiro atoms. The highest BCUT2D eigenvalue weighted by Gasteiger charge is 2.19. The van der Waals surface area contributed by atoms with Crippen LogP contribution in [0.1, 0.15) is 16.8 Å². The van der Waals surface area contributed by atoms with Crippen LogP contribution in [0.2, 0.25) is 0 Å². The van der Waals surface area contributed by atoms with Gasteiger partial charge in [0.15, 0.2) is 0 Å². The maximum atomic E-state index is 12.2. The predicted octanol–water partition coefficient (Wildman–Crippen LogP) is 0.196. The predicted molar refractivity (Wildman–Crippen MR) is 72.3 cm³/mol. The first kappa shape index (κ1) is 14.3. The van der Waals surface area contributed by atoms with Crippen molar-refractivity contribution in [2.75, 3.05) is 26.3 Å². The SMILES string of the molecule is Cc1cc(C)n(CC(=O)N2CCOCC2)c(=O)c1C#N. The van der Waals surface area contributed by atoms with Gasteiger partial charge in [0, 0.05) is 18.8 Å². The molecular weight excluding hydrogens is 258 g/mol. The second-order valence-corrected chi connectivity index (χ2v) is 4.84. The Morgan fingerprint density at radius 3 is 2.65 bits per heavy atom. The molecule has 2 heterocycles. The van der Waals surface area contributed by atoms with Gasteiger partial charge in [-0.2, -0.15) is 5.26 Å². The van der Waals surface area contributed by atoms with Crippen LogP contribution in [0.3, 0.4) is 0 Å². The van der Waals surface area contributed by atoms with E-state index >= 15 is 0 Å². The van der Waals surface area contributed by atoms with E-state index in [4.69, 9.17) is 10.00 Å². The van der Waals surface area contributed by atoms with Crippen molar-refractivity contribution in [2.45, 2.75) is 20.4 Å². The number of carbonyl (C=O) groups is 1. The van der Waals surface area contributed by atoms with Crippen molar-refractivity contribution in [3.05, 3.63) is 33.2 Å². The topological polar surface area (TPSA) is 75.3 Å². The van der Waals surface area contributed by atoms with Crippen LogP contribution in [0, 0.1) is 25.2 Å². The van der Waals surface area contributed by atoms with E-state index < -0.39 is 5.56 Å². The number of rotatable bonds is 2. The Kier molecular flexibility index (Phi) is 4.20. The number of ether oxygens (including phenoxy) is 1. The lowest BCUT2D eigenvalue weighted by atomic mass is 10.1. The summed E-state index contributed by atoms with van der Waals surface area (Å²) in [5.74, 6) is -0.119. The third kappa shape index (κ3) is 2.73. The number of aryl methyl sites for hydroxylation is 2. The molecule has 0 N–H and O–H groups in total. The third-order valence-corrected chi connectivity index (χ3v) is 3.47. The van der Waals surface area contributed by atoms with E-state index in [9.17, 15) is 9.59 Å². The summed E-state index contributed by atoms with van der Waals surface area (Å²) in [5, 5.41) is 9.02. The van der Waals surface area contributed by atoms with Gasteiger partial charge in [0.05, 0.1) is 13.2 Å². The van der Waals surface area contributed by atoms with Crippen LogP contribution < -0.4 is 5.56 Å². The molecule has 2 rings (SSSR count). The third-order valence-electron chi connectivity index (χ3n) is 3.47. The van der Waals surface area contributed by atoms with Crippen LogP contribution >= 0.6 is 0 Å². The minimum atomic E-state index is -0.397. The molecule has 0 bridgehead atoms. The summed E-state index contributed by atoms with van der Waals surface area (Å²) in [6, 6.07) is 3.66. The molecule has 1 aliphatic heterocycles. The maximum Gasteiger partial charge on any atom is 0.269 e. The number of carbonyl (C=O) groups excluding carboxylic acids is 1. The summed E-state index contributed by atoms with van der Waals surface area (Å²) >= 11 is 0. The van der Waals surface area contributed by atoms with Gasteiger partial charge in [0.2, 0.25) is 5.91 Å². The lowest BCUT2D eigenvalue weighted by molar-refractivity contribution is -0.136. The fraction of sp³-hybridized carbons (Fsp3) is 0.500. The first-order valence-corrected chi connectivity index (χ1v) is 6.51. The van der Waals surface area contributed by atoms with Gasteiger partial charge in [0.1, 0.15) is 18.2 Å². The molecule has 1 fully saturated rings. The van der Waals surface area contributed by atoms with Crippen LogP contribution in [0.4, 0.5) is 0 Å². The van der Waals surface area contributed by atoms with E-state index in [2.05, 4.69) is 0 Å². The molecule has 0 aliphatic carbocycles. The molecule has 0 atom stereocenters. The molecule has 1 aromatic heterocycles. The Balaban J connectivity index is 2.27. The van der Waals surface area contributed by atoms with E-state index in [1.54, 1.807) is 24.8 Å². The van der Waals surface area contributed by atoms with Gasteiger partial charge in [-0.15, -0.1) is 0 Å². The van der Waals surface area contributed by atoms with Gasteiger partial charge in [-0.25, -0.2) is 0 Å². The lowest BCUT2D eigenvalue weighted by Gasteiger charge is -2.27. The van der Waals surface area contributed by atoms with E-state index in [1.807, 2.05) is 6.07 Å². The van der Waals surface area contributed by atoms with Crippen molar-refractivity contribution in [2.24, 2.45) is 0 Å². The van der Waals surface area contributed by atoms with Gasteiger partial charge >= 0.3 is 0 Å². The van der Waals surface area contributed by atoms with Crippen LogP contribution in [0.15, 0.2) is 10.9 Å². The maximum absolute atomic E-state index is 12.2. The highest BCUT2D eigenvalue weighted by Crippen LogP contribution is 2.06. The molecule has 6 heteroatoms. The van der Waals surface area contributed by atoms with E-state index in [0.29, 0.717) is 37.6 Å². The largest absolute Gasteiger partial charge is 0.378 e. The van der Waals surface area contributed by atoms with Crippen LogP contribution in [0.25, 0.3) is 0 Å². The standard InChI is InChI=1S/C14H17N3O3/c1-10-7-11(2)17(14(19)12(10)8-15)9-13(18)16-3-5-20-6-4-16/h7H,3-6,9H2,1-2H3. The number of nitrogens with zero attached hydrogens (tertiary/aromatic N) is 3. The monoisotopic (exact) mass is 275 g/mol. The van der Waals surface area contributed by atoms with Crippen molar-refractivity contribution in [3.8, 4) is 6.07 Å². The minimum Gasteiger partial charge on any atom is -0.378 e. The molecule has 1 saturated heterocycles. The van der Waals surface area contributed by atoms with Crippen molar-refractivity contribution in [1.82, 2.24) is 9.47 Å². The first-order chi connectivity index (χ1) is 9.54. The van der Waals surface area contributed by atoms with E-state index in [-0.39, 0.29) is 18.0 Å². The second-order valence-electron chi connectivity index (χ2n) is 4.84. The summed E-state index contributed by atoms with van der Waals surface area (Å²) in [6.45, 7) is 5.60. The molecule has 106 valence electrons. The molecule has 20 heavy (non-hydrogen) atoms. The minimum absolute atomic E-state index is 0.0281. The van der Waals surface area contributed by atoms with Gasteiger partial charge in [-0.3, -0.25) is 9.59 Å². The quantitative estimate of drug-likeness (QED) is 0.772. The fourth-order valence-corrected chi connectivity index (χ4v) is 2.31. The van der Waals surface area contributed by atoms with Crippen molar-refractivity contribution >= 4 is 5.91 Å². The molecule has 1 aromatic rings. The number of amides is 1. The summed E-state index contributed by atoms with van der Waals surface area (Å²) in [6.07, 6.45) is 0. The number of nitriles is 1. The van der Waals surface area contributed by atoms with Gasteiger partial charge < -0.3 is 14.2 Å². The second kappa shape index (κ2) is 5.88. The Labute approximate surface area is 117 Å². The van der Waals surface area contributed by atoms with Crippen LogP contribution in [0.5, 0.6) is 0 Å². The normalized spacial score (nSPS) is 14.9. The van der Waals surface area contributed by atoms with E-state index in [0.717, 1.165) is 0 Å². The van der Waals surface area contributed by atoms with Gasteiger partial charge in [-0.1, -0.05) is 0 Å². The zero-order valence-corrected chi connectivity index (χ0v) is 11.7. The zero-order valence-electron chi connectivity index (χ0n) is 11.7. The summed E-state index contributed by atoms with van der Waals surface area (Å²) < 4.78 is 6.56. The smallest absolute Gasteiger partial charge is 0.269 e. The Morgan fingerprint density at radius 1 is 1.40 bits per heavy atom. The number of hydrogen-bond acceptors (Lipinski definition) is 4. The van der Waals surface area contributed by atoms with Crippen molar-refractivity contribution in [3.63, 3.8) is 0 Å². The molecule has 0 aromatic carbocycles. The highest BCUT2D eigenvalue weighted by atomic mass is 16.5. The van der Waals surface area contributed by atoms with Crippen LogP contribution in [-0.2, 0) is 16.1 Å². The Bertz CT molecular complexity index is 622. The molecule has 0 unspecified atom stereocenters. The summed E-state index contributed by atoms with van der Waals surface area (Å²) in [4.78, 5) is 26.1. The molecule has 0 saturated carbocycles. The average molecular weight is 275 g/mol. The first-order valence-electron chi connectivity index (χ1n) is 6.51. The zero-order chi connectivity index (χ0) is 14.7. The van der Waals surface area contributed by atoms with Crippen molar-refractivity contribution < 1.29 is 9.53 Å². The van der Waals surface area contributed by atoms with Gasteiger partial charge in [-0.05, 0) is 25.5 Å². The van der Waals surface area contributed by atoms with E-state index in [1.165, 1.54) is 4.57 Å². The molecule has 1 aliphatic rings. The fourth-order valence-electron chi connectivity index (χ4n) is 2.31. The molecule has 1 amide bonds. The Hall–Kier alpha value is -2.13. The summed E-state index contributed by atoms with van der Waals surface area (Å²) in [7, 11) is 0. The number of hydrogen-bond donors (Lipinski definition) is 0. The number of pyridine rings is 1. The average Bonchev–Trinajstić information content (AvgIpc) is 2.44. The molecule has 0 radical (unpaired) electrons.